The number of nitrogens with zero attached hydrogens (tertiary/aromatic N) is 1. The molecule has 1 aliphatic heterocycles. The molecule has 1 aromatic rings. The second kappa shape index (κ2) is 6.03. The van der Waals surface area contributed by atoms with E-state index in [1.807, 2.05) is 0 Å². The molecule has 21 heavy (non-hydrogen) atoms. The number of rotatable bonds is 3. The lowest BCUT2D eigenvalue weighted by atomic mass is 10.1. The molecule has 1 atom stereocenters. The molecule has 1 aliphatic rings. The minimum atomic E-state index is -3.40. The van der Waals surface area contributed by atoms with Crippen molar-refractivity contribution in [3.8, 4) is 0 Å². The number of amides is 1. The number of hydrogen-bond donors (Lipinski definition) is 1. The van der Waals surface area contributed by atoms with Crippen LogP contribution in [0.15, 0.2) is 23.1 Å². The van der Waals surface area contributed by atoms with Gasteiger partial charge in [0.2, 0.25) is 0 Å². The van der Waals surface area contributed by atoms with Crippen LogP contribution in [-0.4, -0.2) is 51.8 Å². The van der Waals surface area contributed by atoms with Gasteiger partial charge in [-0.2, -0.15) is 0 Å². The van der Waals surface area contributed by atoms with Gasteiger partial charge in [-0.05, 0) is 31.0 Å². The van der Waals surface area contributed by atoms with E-state index in [1.165, 1.54) is 18.2 Å². The third-order valence-corrected chi connectivity index (χ3v) is 4.69. The minimum Gasteiger partial charge on any atom is -0.399 e. The fourth-order valence-electron chi connectivity index (χ4n) is 2.46. The van der Waals surface area contributed by atoms with Crippen molar-refractivity contribution < 1.29 is 17.9 Å². The fourth-order valence-corrected chi connectivity index (χ4v) is 3.15. The SMILES string of the molecule is COC1CCCN(C(=O)c2cc(N)cc(S(C)(=O)=O)c2)C1. The molecule has 116 valence electrons. The Morgan fingerprint density at radius 1 is 1.38 bits per heavy atom. The number of carbonyl (C=O) groups is 1. The number of ether oxygens (including phenoxy) is 1. The number of nitrogen functional groups attached to an aromatic ring is 1. The van der Waals surface area contributed by atoms with Crippen LogP contribution < -0.4 is 5.73 Å². The summed E-state index contributed by atoms with van der Waals surface area (Å²) in [4.78, 5) is 14.3. The van der Waals surface area contributed by atoms with Crippen LogP contribution >= 0.6 is 0 Å². The lowest BCUT2D eigenvalue weighted by molar-refractivity contribution is 0.0269. The Bertz CT molecular complexity index is 642. The summed E-state index contributed by atoms with van der Waals surface area (Å²) >= 11 is 0. The normalized spacial score (nSPS) is 19.5. The number of likely N-dealkylation sites (tertiary alicyclic amines) is 1. The average molecular weight is 312 g/mol. The second-order valence-electron chi connectivity index (χ2n) is 5.31. The summed E-state index contributed by atoms with van der Waals surface area (Å²) in [6.07, 6.45) is 2.91. The predicted octanol–water partition coefficient (Wildman–Crippen LogP) is 0.923. The molecule has 0 aromatic heterocycles. The van der Waals surface area contributed by atoms with Crippen molar-refractivity contribution in [3.63, 3.8) is 0 Å². The predicted molar refractivity (Wildman–Crippen MR) is 79.9 cm³/mol. The molecule has 0 aliphatic carbocycles. The molecule has 0 radical (unpaired) electrons. The summed E-state index contributed by atoms with van der Waals surface area (Å²) in [6.45, 7) is 1.15. The van der Waals surface area contributed by atoms with Gasteiger partial charge >= 0.3 is 0 Å². The first-order chi connectivity index (χ1) is 9.81. The van der Waals surface area contributed by atoms with Gasteiger partial charge in [-0.15, -0.1) is 0 Å². The number of benzene rings is 1. The van der Waals surface area contributed by atoms with Gasteiger partial charge in [-0.3, -0.25) is 4.79 Å². The topological polar surface area (TPSA) is 89.7 Å². The van der Waals surface area contributed by atoms with Gasteiger partial charge < -0.3 is 15.4 Å². The number of methoxy groups -OCH3 is 1. The van der Waals surface area contributed by atoms with E-state index in [0.29, 0.717) is 18.7 Å². The molecule has 1 amide bonds. The summed E-state index contributed by atoms with van der Waals surface area (Å²) in [6, 6.07) is 4.25. The molecule has 1 heterocycles. The van der Waals surface area contributed by atoms with Crippen LogP contribution in [0.4, 0.5) is 5.69 Å². The van der Waals surface area contributed by atoms with Gasteiger partial charge in [-0.25, -0.2) is 8.42 Å². The van der Waals surface area contributed by atoms with Crippen molar-refractivity contribution in [3.05, 3.63) is 23.8 Å². The number of piperidine rings is 1. The van der Waals surface area contributed by atoms with Crippen molar-refractivity contribution in [2.75, 3.05) is 32.2 Å². The van der Waals surface area contributed by atoms with Gasteiger partial charge in [0.05, 0.1) is 11.0 Å². The van der Waals surface area contributed by atoms with Crippen LogP contribution in [0.3, 0.4) is 0 Å². The van der Waals surface area contributed by atoms with Gasteiger partial charge in [0.1, 0.15) is 0 Å². The third-order valence-electron chi connectivity index (χ3n) is 3.60. The lowest BCUT2D eigenvalue weighted by Gasteiger charge is -2.32. The molecule has 2 N–H and O–H groups in total. The Morgan fingerprint density at radius 3 is 2.71 bits per heavy atom. The number of nitrogens with two attached hydrogens (primary N) is 1. The first-order valence-electron chi connectivity index (χ1n) is 6.74. The maximum Gasteiger partial charge on any atom is 0.254 e. The lowest BCUT2D eigenvalue weighted by Crippen LogP contribution is -2.42. The highest BCUT2D eigenvalue weighted by Gasteiger charge is 2.25. The first-order valence-corrected chi connectivity index (χ1v) is 8.63. The van der Waals surface area contributed by atoms with E-state index in [1.54, 1.807) is 12.0 Å². The smallest absolute Gasteiger partial charge is 0.254 e. The maximum atomic E-state index is 12.5. The number of hydrogen-bond acceptors (Lipinski definition) is 5. The molecule has 1 aromatic carbocycles. The molecule has 2 rings (SSSR count). The van der Waals surface area contributed by atoms with E-state index in [-0.39, 0.29) is 22.6 Å². The highest BCUT2D eigenvalue weighted by atomic mass is 32.2. The van der Waals surface area contributed by atoms with Crippen molar-refractivity contribution in [2.24, 2.45) is 0 Å². The molecule has 0 spiro atoms. The van der Waals surface area contributed by atoms with E-state index in [4.69, 9.17) is 10.5 Å². The third kappa shape index (κ3) is 3.74. The number of sulfone groups is 1. The zero-order valence-electron chi connectivity index (χ0n) is 12.2. The first kappa shape index (κ1) is 15.8. The van der Waals surface area contributed by atoms with Crippen molar-refractivity contribution in [1.82, 2.24) is 4.90 Å². The second-order valence-corrected chi connectivity index (χ2v) is 7.33. The zero-order valence-corrected chi connectivity index (χ0v) is 13.0. The molecule has 6 nitrogen and oxygen atoms in total. The van der Waals surface area contributed by atoms with Gasteiger partial charge in [0, 0.05) is 37.7 Å². The monoisotopic (exact) mass is 312 g/mol. The Labute approximate surface area is 124 Å². The molecule has 0 saturated carbocycles. The Balaban J connectivity index is 2.29. The van der Waals surface area contributed by atoms with Gasteiger partial charge in [0.15, 0.2) is 9.84 Å². The standard InChI is InChI=1S/C14H20N2O4S/c1-20-12-4-3-5-16(9-12)14(17)10-6-11(15)8-13(7-10)21(2,18)19/h6-8,12H,3-5,9,15H2,1-2H3. The molecule has 1 unspecified atom stereocenters. The summed E-state index contributed by atoms with van der Waals surface area (Å²) in [5.41, 5.74) is 6.28. The number of carbonyl (C=O) groups excluding carboxylic acids is 1. The molecule has 1 fully saturated rings. The minimum absolute atomic E-state index is 0.0261. The Kier molecular flexibility index (Phi) is 4.53. The summed E-state index contributed by atoms with van der Waals surface area (Å²) in [7, 11) is -1.78. The quantitative estimate of drug-likeness (QED) is 0.838. The number of anilines is 1. The fraction of sp³-hybridized carbons (Fsp3) is 0.500. The van der Waals surface area contributed by atoms with Gasteiger partial charge in [-0.1, -0.05) is 0 Å². The van der Waals surface area contributed by atoms with E-state index < -0.39 is 9.84 Å². The van der Waals surface area contributed by atoms with Crippen molar-refractivity contribution in [1.29, 1.82) is 0 Å². The molecule has 7 heteroatoms. The summed E-state index contributed by atoms with van der Waals surface area (Å²) in [5.74, 6) is -0.214. The van der Waals surface area contributed by atoms with Gasteiger partial charge in [0.25, 0.3) is 5.91 Å². The summed E-state index contributed by atoms with van der Waals surface area (Å²) in [5, 5.41) is 0. The molecule has 0 bridgehead atoms. The van der Waals surface area contributed by atoms with E-state index in [0.717, 1.165) is 19.1 Å². The zero-order chi connectivity index (χ0) is 15.6. The Morgan fingerprint density at radius 2 is 2.10 bits per heavy atom. The van der Waals surface area contributed by atoms with E-state index in [9.17, 15) is 13.2 Å². The average Bonchev–Trinajstić information content (AvgIpc) is 2.45. The van der Waals surface area contributed by atoms with Crippen LogP contribution in [0, 0.1) is 0 Å². The molecule has 1 saturated heterocycles. The van der Waals surface area contributed by atoms with Crippen LogP contribution in [0.25, 0.3) is 0 Å². The Hall–Kier alpha value is -1.60. The largest absolute Gasteiger partial charge is 0.399 e. The highest BCUT2D eigenvalue weighted by molar-refractivity contribution is 7.90. The van der Waals surface area contributed by atoms with Crippen LogP contribution in [-0.2, 0) is 14.6 Å². The van der Waals surface area contributed by atoms with Crippen LogP contribution in [0.5, 0.6) is 0 Å². The molecular weight excluding hydrogens is 292 g/mol. The molecular formula is C14H20N2O4S. The maximum absolute atomic E-state index is 12.5. The van der Waals surface area contributed by atoms with Crippen LogP contribution in [0.1, 0.15) is 23.2 Å². The highest BCUT2D eigenvalue weighted by Crippen LogP contribution is 2.20. The summed E-state index contributed by atoms with van der Waals surface area (Å²) < 4.78 is 28.6. The van der Waals surface area contributed by atoms with E-state index >= 15 is 0 Å². The van der Waals surface area contributed by atoms with E-state index in [2.05, 4.69) is 0 Å². The van der Waals surface area contributed by atoms with Crippen molar-refractivity contribution in [2.45, 2.75) is 23.8 Å². The van der Waals surface area contributed by atoms with Crippen molar-refractivity contribution >= 4 is 21.4 Å². The van der Waals surface area contributed by atoms with Crippen LogP contribution in [0.2, 0.25) is 0 Å².